The van der Waals surface area contributed by atoms with Crippen molar-refractivity contribution in [2.45, 2.75) is 19.9 Å². The van der Waals surface area contributed by atoms with Gasteiger partial charge in [0.15, 0.2) is 0 Å². The van der Waals surface area contributed by atoms with Crippen LogP contribution in [0.3, 0.4) is 0 Å². The number of carbonyl (C=O) groups is 1. The van der Waals surface area contributed by atoms with E-state index in [0.29, 0.717) is 0 Å². The zero-order valence-electron chi connectivity index (χ0n) is 11.4. The molecule has 1 amide bonds. The number of hydrogen-bond acceptors (Lipinski definition) is 1. The first-order valence-corrected chi connectivity index (χ1v) is 7.85. The molecular weight excluding hydrogens is 361 g/mol. The molecule has 1 heterocycles. The van der Waals surface area contributed by atoms with E-state index in [1.165, 1.54) is 16.7 Å². The van der Waals surface area contributed by atoms with E-state index in [1.54, 1.807) is 0 Å². The van der Waals surface area contributed by atoms with Crippen LogP contribution in [-0.2, 0) is 13.0 Å². The SMILES string of the molecule is Cc1ccc(C(=O)N2CCc3ccccc3C2)c(I)c1. The first-order chi connectivity index (χ1) is 9.65. The number of halogens is 1. The number of carbonyl (C=O) groups excluding carboxylic acids is 1. The maximum atomic E-state index is 12.7. The van der Waals surface area contributed by atoms with Crippen LogP contribution < -0.4 is 0 Å². The van der Waals surface area contributed by atoms with Crippen LogP contribution in [0, 0.1) is 10.5 Å². The van der Waals surface area contributed by atoms with Gasteiger partial charge in [0, 0.05) is 16.7 Å². The quantitative estimate of drug-likeness (QED) is 0.693. The topological polar surface area (TPSA) is 20.3 Å². The van der Waals surface area contributed by atoms with Crippen molar-refractivity contribution < 1.29 is 4.79 Å². The van der Waals surface area contributed by atoms with Gasteiger partial charge >= 0.3 is 0 Å². The summed E-state index contributed by atoms with van der Waals surface area (Å²) in [5.74, 6) is 0.143. The molecular formula is C17H16INO. The highest BCUT2D eigenvalue weighted by Crippen LogP contribution is 2.22. The van der Waals surface area contributed by atoms with Crippen molar-refractivity contribution in [2.24, 2.45) is 0 Å². The van der Waals surface area contributed by atoms with E-state index < -0.39 is 0 Å². The van der Waals surface area contributed by atoms with Gasteiger partial charge < -0.3 is 4.90 Å². The van der Waals surface area contributed by atoms with Gasteiger partial charge in [0.2, 0.25) is 0 Å². The Labute approximate surface area is 132 Å². The molecule has 2 aromatic rings. The standard InChI is InChI=1S/C17H16INO/c1-12-6-7-15(16(18)10-12)17(20)19-9-8-13-4-2-3-5-14(13)11-19/h2-7,10H,8-9,11H2,1H3. The van der Waals surface area contributed by atoms with Crippen molar-refractivity contribution in [2.75, 3.05) is 6.54 Å². The Kier molecular flexibility index (Phi) is 3.78. The lowest BCUT2D eigenvalue weighted by Gasteiger charge is -2.29. The number of fused-ring (bicyclic) bond motifs is 1. The first-order valence-electron chi connectivity index (χ1n) is 6.77. The summed E-state index contributed by atoms with van der Waals surface area (Å²) in [4.78, 5) is 14.6. The van der Waals surface area contributed by atoms with Crippen LogP contribution in [-0.4, -0.2) is 17.4 Å². The van der Waals surface area contributed by atoms with E-state index in [0.717, 1.165) is 28.6 Å². The fraction of sp³-hybridized carbons (Fsp3) is 0.235. The van der Waals surface area contributed by atoms with Gasteiger partial charge in [-0.05, 0) is 59.2 Å². The highest BCUT2D eigenvalue weighted by Gasteiger charge is 2.22. The molecule has 20 heavy (non-hydrogen) atoms. The van der Waals surface area contributed by atoms with Crippen molar-refractivity contribution in [1.82, 2.24) is 4.90 Å². The molecule has 0 atom stereocenters. The summed E-state index contributed by atoms with van der Waals surface area (Å²) in [6, 6.07) is 14.4. The molecule has 3 rings (SSSR count). The largest absolute Gasteiger partial charge is 0.334 e. The monoisotopic (exact) mass is 377 g/mol. The molecule has 0 radical (unpaired) electrons. The average molecular weight is 377 g/mol. The Balaban J connectivity index is 1.86. The lowest BCUT2D eigenvalue weighted by Crippen LogP contribution is -2.36. The van der Waals surface area contributed by atoms with Gasteiger partial charge in [0.25, 0.3) is 5.91 Å². The molecule has 0 bridgehead atoms. The minimum atomic E-state index is 0.143. The third kappa shape index (κ3) is 2.59. The molecule has 3 heteroatoms. The number of hydrogen-bond donors (Lipinski definition) is 0. The van der Waals surface area contributed by atoms with Gasteiger partial charge in [-0.15, -0.1) is 0 Å². The second kappa shape index (κ2) is 5.56. The molecule has 1 aliphatic heterocycles. The van der Waals surface area contributed by atoms with Gasteiger partial charge in [-0.25, -0.2) is 0 Å². The molecule has 0 N–H and O–H groups in total. The summed E-state index contributed by atoms with van der Waals surface area (Å²) in [5, 5.41) is 0. The average Bonchev–Trinajstić information content (AvgIpc) is 2.46. The third-order valence-electron chi connectivity index (χ3n) is 3.77. The normalized spacial score (nSPS) is 14.0. The van der Waals surface area contributed by atoms with Crippen molar-refractivity contribution in [3.05, 3.63) is 68.3 Å². The van der Waals surface area contributed by atoms with Gasteiger partial charge in [0.05, 0.1) is 5.56 Å². The van der Waals surface area contributed by atoms with Crippen LogP contribution in [0.2, 0.25) is 0 Å². The summed E-state index contributed by atoms with van der Waals surface area (Å²) in [5.41, 5.74) is 4.65. The van der Waals surface area contributed by atoms with Crippen molar-refractivity contribution in [1.29, 1.82) is 0 Å². The molecule has 102 valence electrons. The highest BCUT2D eigenvalue weighted by molar-refractivity contribution is 14.1. The minimum Gasteiger partial charge on any atom is -0.334 e. The molecule has 0 aliphatic carbocycles. The second-order valence-corrected chi connectivity index (χ2v) is 6.39. The Morgan fingerprint density at radius 3 is 2.65 bits per heavy atom. The molecule has 2 aromatic carbocycles. The van der Waals surface area contributed by atoms with E-state index in [2.05, 4.69) is 46.9 Å². The third-order valence-corrected chi connectivity index (χ3v) is 4.67. The summed E-state index contributed by atoms with van der Waals surface area (Å²) in [7, 11) is 0. The van der Waals surface area contributed by atoms with Crippen LogP contribution in [0.25, 0.3) is 0 Å². The molecule has 0 unspecified atom stereocenters. The van der Waals surface area contributed by atoms with Gasteiger partial charge in [0.1, 0.15) is 0 Å². The fourth-order valence-corrected chi connectivity index (χ4v) is 3.53. The zero-order chi connectivity index (χ0) is 14.1. The molecule has 2 nitrogen and oxygen atoms in total. The van der Waals surface area contributed by atoms with E-state index >= 15 is 0 Å². The maximum absolute atomic E-state index is 12.7. The van der Waals surface area contributed by atoms with Crippen LogP contribution in [0.4, 0.5) is 0 Å². The van der Waals surface area contributed by atoms with Crippen LogP contribution in [0.1, 0.15) is 27.0 Å². The number of amides is 1. The molecule has 0 aromatic heterocycles. The molecule has 0 saturated carbocycles. The van der Waals surface area contributed by atoms with Crippen molar-refractivity contribution in [3.63, 3.8) is 0 Å². The Morgan fingerprint density at radius 1 is 1.15 bits per heavy atom. The minimum absolute atomic E-state index is 0.143. The summed E-state index contributed by atoms with van der Waals surface area (Å²) in [6.07, 6.45) is 0.949. The Hall–Kier alpha value is -1.36. The van der Waals surface area contributed by atoms with Gasteiger partial charge in [-0.2, -0.15) is 0 Å². The fourth-order valence-electron chi connectivity index (χ4n) is 2.63. The summed E-state index contributed by atoms with van der Waals surface area (Å²) in [6.45, 7) is 3.58. The number of rotatable bonds is 1. The molecule has 0 spiro atoms. The molecule has 1 aliphatic rings. The zero-order valence-corrected chi connectivity index (χ0v) is 13.6. The maximum Gasteiger partial charge on any atom is 0.255 e. The van der Waals surface area contributed by atoms with Gasteiger partial charge in [-0.3, -0.25) is 4.79 Å². The lowest BCUT2D eigenvalue weighted by molar-refractivity contribution is 0.0733. The Morgan fingerprint density at radius 2 is 1.90 bits per heavy atom. The lowest BCUT2D eigenvalue weighted by atomic mass is 9.99. The predicted molar refractivity (Wildman–Crippen MR) is 88.8 cm³/mol. The Bertz CT molecular complexity index is 666. The van der Waals surface area contributed by atoms with Crippen molar-refractivity contribution >= 4 is 28.5 Å². The smallest absolute Gasteiger partial charge is 0.255 e. The van der Waals surface area contributed by atoms with Crippen molar-refractivity contribution in [3.8, 4) is 0 Å². The van der Waals surface area contributed by atoms with Gasteiger partial charge in [-0.1, -0.05) is 35.9 Å². The first kappa shape index (κ1) is 13.6. The number of benzene rings is 2. The van der Waals surface area contributed by atoms with Crippen LogP contribution in [0.5, 0.6) is 0 Å². The number of nitrogens with zero attached hydrogens (tertiary/aromatic N) is 1. The molecule has 0 fully saturated rings. The second-order valence-electron chi connectivity index (χ2n) is 5.23. The van der Waals surface area contributed by atoms with E-state index in [4.69, 9.17) is 0 Å². The van der Waals surface area contributed by atoms with E-state index in [1.807, 2.05) is 30.0 Å². The van der Waals surface area contributed by atoms with E-state index in [9.17, 15) is 4.79 Å². The molecule has 0 saturated heterocycles. The summed E-state index contributed by atoms with van der Waals surface area (Å²) >= 11 is 2.25. The van der Waals surface area contributed by atoms with Crippen LogP contribution >= 0.6 is 22.6 Å². The number of aryl methyl sites for hydroxylation is 1. The predicted octanol–water partition coefficient (Wildman–Crippen LogP) is 3.80. The van der Waals surface area contributed by atoms with E-state index in [-0.39, 0.29) is 5.91 Å². The summed E-state index contributed by atoms with van der Waals surface area (Å²) < 4.78 is 1.03. The highest BCUT2D eigenvalue weighted by atomic mass is 127. The van der Waals surface area contributed by atoms with Crippen LogP contribution in [0.15, 0.2) is 42.5 Å².